The third kappa shape index (κ3) is 5.24. The van der Waals surface area contributed by atoms with Crippen molar-refractivity contribution in [2.24, 2.45) is 0 Å². The van der Waals surface area contributed by atoms with E-state index >= 15 is 0 Å². The van der Waals surface area contributed by atoms with E-state index in [1.54, 1.807) is 11.3 Å². The van der Waals surface area contributed by atoms with Gasteiger partial charge < -0.3 is 20.6 Å². The molecule has 1 unspecified atom stereocenters. The van der Waals surface area contributed by atoms with Crippen LogP contribution in [0.25, 0.3) is 20.8 Å². The molecular formula is C23H27BrN4O3S2. The number of fused-ring (bicyclic) bond motifs is 2. The number of thiophene rings is 1. The zero-order valence-electron chi connectivity index (χ0n) is 18.8. The van der Waals surface area contributed by atoms with Gasteiger partial charge in [-0.25, -0.2) is 9.78 Å². The van der Waals surface area contributed by atoms with E-state index in [1.807, 2.05) is 25.1 Å². The van der Waals surface area contributed by atoms with E-state index in [0.29, 0.717) is 32.0 Å². The quantitative estimate of drug-likeness (QED) is 0.339. The molecule has 1 aliphatic heterocycles. The van der Waals surface area contributed by atoms with Gasteiger partial charge in [0.25, 0.3) is 0 Å². The summed E-state index contributed by atoms with van der Waals surface area (Å²) in [6, 6.07) is 6.24. The van der Waals surface area contributed by atoms with Gasteiger partial charge in [-0.05, 0) is 50.5 Å². The summed E-state index contributed by atoms with van der Waals surface area (Å²) < 4.78 is 2.03. The van der Waals surface area contributed by atoms with Gasteiger partial charge in [0.15, 0.2) is 0 Å². The maximum absolute atomic E-state index is 12.8. The van der Waals surface area contributed by atoms with E-state index < -0.39 is 6.09 Å². The fourth-order valence-electron chi connectivity index (χ4n) is 3.92. The zero-order chi connectivity index (χ0) is 23.7. The lowest BCUT2D eigenvalue weighted by molar-refractivity contribution is -0.116. The number of hydrogen-bond donors (Lipinski definition) is 3. The highest BCUT2D eigenvalue weighted by Crippen LogP contribution is 2.46. The smallest absolute Gasteiger partial charge is 0.407 e. The van der Waals surface area contributed by atoms with E-state index in [0.717, 1.165) is 47.1 Å². The molecular weight excluding hydrogens is 524 g/mol. The minimum absolute atomic E-state index is 0.0577. The third-order valence-corrected chi connectivity index (χ3v) is 8.63. The maximum Gasteiger partial charge on any atom is 0.407 e. The molecule has 3 aromatic rings. The second-order valence-electron chi connectivity index (χ2n) is 8.36. The van der Waals surface area contributed by atoms with Crippen molar-refractivity contribution < 1.29 is 14.7 Å². The predicted molar refractivity (Wildman–Crippen MR) is 138 cm³/mol. The lowest BCUT2D eigenvalue weighted by Crippen LogP contribution is -2.41. The van der Waals surface area contributed by atoms with Crippen LogP contribution in [0.4, 0.5) is 9.80 Å². The molecule has 0 saturated carbocycles. The molecule has 4 rings (SSSR count). The molecule has 2 aromatic heterocycles. The van der Waals surface area contributed by atoms with Crippen LogP contribution in [-0.4, -0.2) is 45.6 Å². The summed E-state index contributed by atoms with van der Waals surface area (Å²) in [5.41, 5.74) is 2.93. The Morgan fingerprint density at radius 3 is 2.88 bits per heavy atom. The van der Waals surface area contributed by atoms with Crippen LogP contribution in [0.3, 0.4) is 0 Å². The Hall–Kier alpha value is -2.01. The average Bonchev–Trinajstić information content (AvgIpc) is 3.32. The second kappa shape index (κ2) is 10.1. The average molecular weight is 552 g/mol. The van der Waals surface area contributed by atoms with Crippen LogP contribution in [0.15, 0.2) is 22.7 Å². The van der Waals surface area contributed by atoms with Crippen LogP contribution < -0.4 is 10.6 Å². The Balaban J connectivity index is 1.68. The number of amides is 2. The fourth-order valence-corrected chi connectivity index (χ4v) is 6.60. The molecule has 0 fully saturated rings. The summed E-state index contributed by atoms with van der Waals surface area (Å²) in [6.07, 6.45) is 1.06. The highest BCUT2D eigenvalue weighted by molar-refractivity contribution is 9.10. The Morgan fingerprint density at radius 2 is 2.15 bits per heavy atom. The van der Waals surface area contributed by atoms with Crippen molar-refractivity contribution in [3.8, 4) is 10.6 Å². The summed E-state index contributed by atoms with van der Waals surface area (Å²) in [4.78, 5) is 31.8. The lowest BCUT2D eigenvalue weighted by Gasteiger charge is -2.31. The van der Waals surface area contributed by atoms with Crippen molar-refractivity contribution in [2.45, 2.75) is 58.7 Å². The number of nitrogens with zero attached hydrogens (tertiary/aromatic N) is 2. The largest absolute Gasteiger partial charge is 0.465 e. The Kier molecular flexibility index (Phi) is 7.37. The molecule has 33 heavy (non-hydrogen) atoms. The molecule has 1 aliphatic rings. The minimum atomic E-state index is -0.922. The Morgan fingerprint density at radius 1 is 1.36 bits per heavy atom. The Labute approximate surface area is 209 Å². The molecule has 0 aliphatic carbocycles. The van der Waals surface area contributed by atoms with Gasteiger partial charge in [0.2, 0.25) is 5.91 Å². The van der Waals surface area contributed by atoms with Crippen LogP contribution >= 0.6 is 38.6 Å². The number of carbonyl (C=O) groups excluding carboxylic acids is 1. The lowest BCUT2D eigenvalue weighted by atomic mass is 9.98. The first-order valence-corrected chi connectivity index (χ1v) is 13.4. The predicted octanol–water partition coefficient (Wildman–Crippen LogP) is 5.93. The van der Waals surface area contributed by atoms with E-state index in [2.05, 4.69) is 40.4 Å². The van der Waals surface area contributed by atoms with Gasteiger partial charge in [-0.1, -0.05) is 22.9 Å². The summed E-state index contributed by atoms with van der Waals surface area (Å²) in [6.45, 7) is 7.07. The number of thiazole rings is 1. The van der Waals surface area contributed by atoms with Crippen molar-refractivity contribution >= 4 is 65.8 Å². The van der Waals surface area contributed by atoms with E-state index in [1.165, 1.54) is 16.2 Å². The first kappa shape index (κ1) is 24.1. The van der Waals surface area contributed by atoms with Crippen molar-refractivity contribution in [1.29, 1.82) is 0 Å². The van der Waals surface area contributed by atoms with Gasteiger partial charge in [0, 0.05) is 40.0 Å². The van der Waals surface area contributed by atoms with Crippen molar-refractivity contribution in [3.63, 3.8) is 0 Å². The van der Waals surface area contributed by atoms with Crippen molar-refractivity contribution in [1.82, 2.24) is 15.2 Å². The SMILES string of the molecule is CCC(C)NCCC(=O)Nc1sc2c(c1-c1nc3cc(Br)ccc3s1)C[C@@H](C)N(C(=O)O)C2. The summed E-state index contributed by atoms with van der Waals surface area (Å²) in [5.74, 6) is -0.0577. The molecule has 2 atom stereocenters. The Bertz CT molecular complexity index is 1190. The normalized spacial score (nSPS) is 16.6. The van der Waals surface area contributed by atoms with E-state index in [-0.39, 0.29) is 11.9 Å². The topological polar surface area (TPSA) is 94.6 Å². The zero-order valence-corrected chi connectivity index (χ0v) is 22.0. The molecule has 3 N–H and O–H groups in total. The second-order valence-corrected chi connectivity index (χ2v) is 11.4. The molecule has 0 radical (unpaired) electrons. The number of carbonyl (C=O) groups is 2. The number of nitrogens with one attached hydrogen (secondary N) is 2. The molecule has 0 bridgehead atoms. The van der Waals surface area contributed by atoms with E-state index in [9.17, 15) is 14.7 Å². The molecule has 1 aromatic carbocycles. The minimum Gasteiger partial charge on any atom is -0.465 e. The standard InChI is InChI=1S/C23H27BrN4O3S2/c1-4-12(2)25-8-7-19(29)27-22-20(21-26-16-10-14(24)5-6-17(16)32-21)15-9-13(3)28(23(30)31)11-18(15)33-22/h5-6,10,12-13,25H,4,7-9,11H2,1-3H3,(H,27,29)(H,30,31)/t12?,13-/m1/s1. The number of aromatic nitrogens is 1. The molecule has 3 heterocycles. The molecule has 2 amide bonds. The molecule has 0 saturated heterocycles. The first-order chi connectivity index (χ1) is 15.8. The van der Waals surface area contributed by atoms with Crippen LogP contribution in [0.2, 0.25) is 0 Å². The number of hydrogen-bond acceptors (Lipinski definition) is 6. The van der Waals surface area contributed by atoms with Crippen LogP contribution in [0.1, 0.15) is 44.1 Å². The molecule has 176 valence electrons. The van der Waals surface area contributed by atoms with Gasteiger partial charge in [-0.15, -0.1) is 22.7 Å². The molecule has 10 heteroatoms. The molecule has 7 nitrogen and oxygen atoms in total. The van der Waals surface area contributed by atoms with Crippen LogP contribution in [0, 0.1) is 0 Å². The van der Waals surface area contributed by atoms with Gasteiger partial charge in [0.05, 0.1) is 16.8 Å². The van der Waals surface area contributed by atoms with Gasteiger partial charge in [0.1, 0.15) is 10.0 Å². The third-order valence-electron chi connectivity index (χ3n) is 5.96. The van der Waals surface area contributed by atoms with Crippen molar-refractivity contribution in [3.05, 3.63) is 33.1 Å². The maximum atomic E-state index is 12.8. The van der Waals surface area contributed by atoms with Crippen LogP contribution in [0.5, 0.6) is 0 Å². The number of halogens is 1. The van der Waals surface area contributed by atoms with Gasteiger partial charge in [-0.3, -0.25) is 4.79 Å². The van der Waals surface area contributed by atoms with E-state index in [4.69, 9.17) is 4.98 Å². The van der Waals surface area contributed by atoms with Crippen molar-refractivity contribution in [2.75, 3.05) is 11.9 Å². The summed E-state index contributed by atoms with van der Waals surface area (Å²) >= 11 is 6.57. The van der Waals surface area contributed by atoms with Gasteiger partial charge >= 0.3 is 6.09 Å². The summed E-state index contributed by atoms with van der Waals surface area (Å²) in [7, 11) is 0. The summed E-state index contributed by atoms with van der Waals surface area (Å²) in [5, 5.41) is 17.7. The fraction of sp³-hybridized carbons (Fsp3) is 0.435. The van der Waals surface area contributed by atoms with Crippen LogP contribution in [-0.2, 0) is 17.8 Å². The number of benzene rings is 1. The van der Waals surface area contributed by atoms with Gasteiger partial charge in [-0.2, -0.15) is 0 Å². The highest BCUT2D eigenvalue weighted by Gasteiger charge is 2.33. The number of rotatable bonds is 7. The first-order valence-electron chi connectivity index (χ1n) is 11.0. The number of carboxylic acid groups (broad SMARTS) is 1. The molecule has 0 spiro atoms. The number of anilines is 1. The highest BCUT2D eigenvalue weighted by atomic mass is 79.9. The monoisotopic (exact) mass is 550 g/mol.